The topological polar surface area (TPSA) is 406 Å². The molecule has 0 aliphatic carbocycles. The van der Waals surface area contributed by atoms with Crippen molar-refractivity contribution in [1.82, 2.24) is 37.2 Å². The van der Waals surface area contributed by atoms with Gasteiger partial charge in [-0.05, 0) is 48.6 Å². The zero-order chi connectivity index (χ0) is 44.4. The minimum atomic E-state index is -2.20. The van der Waals surface area contributed by atoms with Crippen LogP contribution in [0.1, 0.15) is 49.0 Å². The van der Waals surface area contributed by atoms with Crippen molar-refractivity contribution in [3.8, 4) is 11.1 Å². The monoisotopic (exact) mass is 829 g/mol. The molecule has 0 aliphatic heterocycles. The van der Waals surface area contributed by atoms with Gasteiger partial charge in [-0.2, -0.15) is 0 Å². The Balaban J connectivity index is 1.90. The van der Waals surface area contributed by atoms with E-state index < -0.39 is 117 Å². The van der Waals surface area contributed by atoms with E-state index in [0.29, 0.717) is 0 Å². The Bertz CT molecular complexity index is 1780. The fraction of sp³-hybridized carbons (Fsp3) is 0.429. The zero-order valence-corrected chi connectivity index (χ0v) is 32.3. The fourth-order valence-corrected chi connectivity index (χ4v) is 5.04. The molecule has 1 unspecified atom stereocenters. The molecule has 322 valence electrons. The molecule has 59 heavy (non-hydrogen) atoms. The number of benzene rings is 2. The number of rotatable bonds is 23. The van der Waals surface area contributed by atoms with Crippen LogP contribution >= 0.6 is 0 Å². The lowest BCUT2D eigenvalue weighted by Gasteiger charge is -2.25. The van der Waals surface area contributed by atoms with Crippen LogP contribution in [0.3, 0.4) is 0 Å². The number of nitrogens with one attached hydrogen (secondary N) is 7. The third-order valence-corrected chi connectivity index (χ3v) is 8.39. The van der Waals surface area contributed by atoms with E-state index in [1.54, 1.807) is 24.3 Å². The van der Waals surface area contributed by atoms with E-state index in [1.807, 2.05) is 40.2 Å². The molecular formula is C35H52BN11O12. The highest BCUT2D eigenvalue weighted by Crippen LogP contribution is 2.21. The quantitative estimate of drug-likeness (QED) is 0.0366. The van der Waals surface area contributed by atoms with Gasteiger partial charge < -0.3 is 80.4 Å². The van der Waals surface area contributed by atoms with Crippen molar-refractivity contribution in [2.75, 3.05) is 13.2 Å². The number of carbonyl (C=O) groups excluding carboxylic acids is 8. The number of primary amides is 1. The number of nitrogens with two attached hydrogens (primary N) is 4. The molecule has 23 nitrogen and oxygen atoms in total. The number of amides is 8. The summed E-state index contributed by atoms with van der Waals surface area (Å²) in [5.41, 5.74) is 25.0. The standard InChI is InChI=1S/C35H52BN11O12/c1-3-4-5-18-6-8-19(9-7-18)20-10-12-21(13-11-20)29(52)43-23(16-48)31(54)45-27(38)33(56)41-15-25(51)44-26(17(2)49)32(55)46-28(39)34(57)42-22(14-24(37)50)30(53)47-35(40)36(58)59/h6-13,17,22-23,26-28,35,48-49,58-59H,3-5,14-16,38-40H2,1-2H3,(H2,37,50)(H,41,56)(H,42,57)(H,43,52)(H,44,51)(H,45,54)(H,46,55)(H,47,53)/t17?,22-,23+,26-,27-,28+,35+/m0/s1. The smallest absolute Gasteiger partial charge is 0.425 e. The molecule has 0 fully saturated rings. The Morgan fingerprint density at radius 1 is 0.695 bits per heavy atom. The molecule has 2 aromatic rings. The summed E-state index contributed by atoms with van der Waals surface area (Å²) in [6.45, 7) is 1.50. The average Bonchev–Trinajstić information content (AvgIpc) is 3.19. The van der Waals surface area contributed by atoms with Crippen molar-refractivity contribution in [2.24, 2.45) is 22.9 Å². The number of hydrogen-bond donors (Lipinski definition) is 15. The number of aliphatic hydroxyl groups is 2. The first-order valence-electron chi connectivity index (χ1n) is 18.3. The number of carbonyl (C=O) groups is 8. The van der Waals surface area contributed by atoms with Crippen LogP contribution in [0.4, 0.5) is 0 Å². The molecule has 8 amide bonds. The second-order valence-electron chi connectivity index (χ2n) is 13.2. The molecule has 7 atom stereocenters. The van der Waals surface area contributed by atoms with Gasteiger partial charge in [-0.15, -0.1) is 0 Å². The van der Waals surface area contributed by atoms with Gasteiger partial charge in [0.1, 0.15) is 24.2 Å². The Kier molecular flexibility index (Phi) is 20.0. The summed E-state index contributed by atoms with van der Waals surface area (Å²) in [5, 5.41) is 52.6. The Labute approximate surface area is 338 Å². The van der Waals surface area contributed by atoms with Crippen LogP contribution in [-0.2, 0) is 40.0 Å². The minimum absolute atomic E-state index is 0.183. The molecule has 0 radical (unpaired) electrons. The summed E-state index contributed by atoms with van der Waals surface area (Å²) in [6, 6.07) is 7.88. The van der Waals surface area contributed by atoms with Crippen molar-refractivity contribution in [1.29, 1.82) is 0 Å². The van der Waals surface area contributed by atoms with Gasteiger partial charge in [0.25, 0.3) is 17.7 Å². The first-order chi connectivity index (χ1) is 27.8. The molecular weight excluding hydrogens is 777 g/mol. The van der Waals surface area contributed by atoms with Crippen molar-refractivity contribution < 1.29 is 58.6 Å². The van der Waals surface area contributed by atoms with E-state index in [9.17, 15) is 48.6 Å². The highest BCUT2D eigenvalue weighted by Gasteiger charge is 2.32. The molecule has 24 heteroatoms. The molecule has 0 heterocycles. The summed E-state index contributed by atoms with van der Waals surface area (Å²) in [5.74, 6) is -8.60. The van der Waals surface area contributed by atoms with Crippen LogP contribution in [0.5, 0.6) is 0 Å². The van der Waals surface area contributed by atoms with Gasteiger partial charge in [0.15, 0.2) is 12.3 Å². The SMILES string of the molecule is CCCCc1ccc(-c2ccc(C(=O)N[C@H](CO)C(=O)N[C@H](N)C(=O)NCC(=O)N[C@H](C(=O)N[C@@H](N)C(=O)N[C@@H](CC(N)=O)C(=O)N[C@@H](N)B(O)O)C(C)O)cc2)cc1. The molecule has 0 aliphatic rings. The molecule has 0 aromatic heterocycles. The molecule has 2 aromatic carbocycles. The third-order valence-electron chi connectivity index (χ3n) is 8.39. The Hall–Kier alpha value is -6.02. The van der Waals surface area contributed by atoms with Gasteiger partial charge in [0, 0.05) is 5.56 Å². The van der Waals surface area contributed by atoms with Gasteiger partial charge in [-0.3, -0.25) is 38.4 Å². The minimum Gasteiger partial charge on any atom is -0.425 e. The highest BCUT2D eigenvalue weighted by molar-refractivity contribution is 6.43. The lowest BCUT2D eigenvalue weighted by molar-refractivity contribution is -0.136. The van der Waals surface area contributed by atoms with E-state index in [0.717, 1.165) is 37.3 Å². The van der Waals surface area contributed by atoms with Crippen LogP contribution in [0.2, 0.25) is 0 Å². The number of aliphatic hydroxyl groups excluding tert-OH is 2. The second kappa shape index (κ2) is 24.0. The normalized spacial score (nSPS) is 14.4. The number of hydrogen-bond acceptors (Lipinski definition) is 15. The van der Waals surface area contributed by atoms with Gasteiger partial charge >= 0.3 is 7.12 Å². The van der Waals surface area contributed by atoms with Gasteiger partial charge in [-0.1, -0.05) is 49.7 Å². The van der Waals surface area contributed by atoms with E-state index in [1.165, 1.54) is 5.56 Å². The van der Waals surface area contributed by atoms with Crippen LogP contribution in [0.15, 0.2) is 48.5 Å². The summed E-state index contributed by atoms with van der Waals surface area (Å²) in [6.07, 6.45) is -2.97. The summed E-state index contributed by atoms with van der Waals surface area (Å²) < 4.78 is 0. The largest absolute Gasteiger partial charge is 0.490 e. The lowest BCUT2D eigenvalue weighted by atomic mass is 9.86. The van der Waals surface area contributed by atoms with Crippen molar-refractivity contribution in [3.63, 3.8) is 0 Å². The van der Waals surface area contributed by atoms with Crippen LogP contribution in [0.25, 0.3) is 11.1 Å². The predicted molar refractivity (Wildman–Crippen MR) is 210 cm³/mol. The molecule has 0 saturated heterocycles. The van der Waals surface area contributed by atoms with Crippen molar-refractivity contribution >= 4 is 54.4 Å². The van der Waals surface area contributed by atoms with E-state index in [4.69, 9.17) is 33.0 Å². The first kappa shape index (κ1) is 49.1. The molecule has 19 N–H and O–H groups in total. The van der Waals surface area contributed by atoms with Gasteiger partial charge in [-0.25, -0.2) is 0 Å². The molecule has 0 bridgehead atoms. The van der Waals surface area contributed by atoms with Gasteiger partial charge in [0.05, 0.1) is 25.7 Å². The fourth-order valence-electron chi connectivity index (χ4n) is 5.04. The van der Waals surface area contributed by atoms with Crippen LogP contribution in [0, 0.1) is 0 Å². The zero-order valence-electron chi connectivity index (χ0n) is 32.3. The van der Waals surface area contributed by atoms with Gasteiger partial charge in [0.2, 0.25) is 29.5 Å². The molecule has 0 spiro atoms. The summed E-state index contributed by atoms with van der Waals surface area (Å²) >= 11 is 0. The lowest BCUT2D eigenvalue weighted by Crippen LogP contribution is -2.63. The summed E-state index contributed by atoms with van der Waals surface area (Å²) in [4.78, 5) is 100.0. The second-order valence-corrected chi connectivity index (χ2v) is 13.2. The third kappa shape index (κ3) is 16.4. The maximum atomic E-state index is 12.9. The number of unbranched alkanes of at least 4 members (excludes halogenated alkanes) is 1. The molecule has 2 rings (SSSR count). The van der Waals surface area contributed by atoms with Crippen molar-refractivity contribution in [2.45, 2.75) is 82.2 Å². The Morgan fingerprint density at radius 3 is 1.76 bits per heavy atom. The van der Waals surface area contributed by atoms with E-state index in [-0.39, 0.29) is 5.56 Å². The Morgan fingerprint density at radius 2 is 1.24 bits per heavy atom. The maximum absolute atomic E-state index is 12.9. The van der Waals surface area contributed by atoms with Crippen molar-refractivity contribution in [3.05, 3.63) is 59.7 Å². The van der Waals surface area contributed by atoms with E-state index >= 15 is 0 Å². The highest BCUT2D eigenvalue weighted by atomic mass is 16.4. The molecule has 0 saturated carbocycles. The number of aryl methyl sites for hydroxylation is 1. The van der Waals surface area contributed by atoms with E-state index in [2.05, 4.69) is 28.2 Å². The summed E-state index contributed by atoms with van der Waals surface area (Å²) in [7, 11) is -2.20. The maximum Gasteiger partial charge on any atom is 0.490 e. The first-order valence-corrected chi connectivity index (χ1v) is 18.3. The predicted octanol–water partition coefficient (Wildman–Crippen LogP) is -6.66. The average molecular weight is 830 g/mol. The van der Waals surface area contributed by atoms with Crippen LogP contribution < -0.4 is 60.2 Å². The van der Waals surface area contributed by atoms with Crippen LogP contribution in [-0.4, -0.2) is 130 Å².